The van der Waals surface area contributed by atoms with Gasteiger partial charge < -0.3 is 21.5 Å². The van der Waals surface area contributed by atoms with Gasteiger partial charge in [-0.2, -0.15) is 0 Å². The van der Waals surface area contributed by atoms with Crippen LogP contribution in [0.3, 0.4) is 0 Å². The average molecular weight is 355 g/mol. The van der Waals surface area contributed by atoms with E-state index in [9.17, 15) is 9.59 Å². The van der Waals surface area contributed by atoms with Gasteiger partial charge in [-0.15, -0.1) is 0 Å². The van der Waals surface area contributed by atoms with Crippen LogP contribution in [0.25, 0.3) is 0 Å². The van der Waals surface area contributed by atoms with E-state index in [1.54, 1.807) is 18.2 Å². The molecule has 2 bridgehead atoms. The third-order valence-corrected chi connectivity index (χ3v) is 5.79. The minimum Gasteiger partial charge on any atom is -0.465 e. The lowest BCUT2D eigenvalue weighted by Crippen LogP contribution is -2.55. The van der Waals surface area contributed by atoms with Crippen molar-refractivity contribution in [3.8, 4) is 11.8 Å². The summed E-state index contributed by atoms with van der Waals surface area (Å²) >= 11 is 0. The van der Waals surface area contributed by atoms with Crippen molar-refractivity contribution in [3.63, 3.8) is 0 Å². The van der Waals surface area contributed by atoms with Crippen molar-refractivity contribution in [3.05, 3.63) is 29.3 Å². The maximum absolute atomic E-state index is 13.0. The molecule has 0 spiro atoms. The number of rotatable bonds is 3. The van der Waals surface area contributed by atoms with Crippen molar-refractivity contribution in [2.24, 2.45) is 16.9 Å². The Morgan fingerprint density at radius 2 is 1.85 bits per heavy atom. The molecule has 138 valence electrons. The summed E-state index contributed by atoms with van der Waals surface area (Å²) in [5.41, 5.74) is 12.8. The molecule has 0 heterocycles. The summed E-state index contributed by atoms with van der Waals surface area (Å²) in [6.45, 7) is 0.182. The number of hydrogen-bond donors (Lipinski definition) is 3. The summed E-state index contributed by atoms with van der Waals surface area (Å²) in [5.74, 6) is 5.17. The summed E-state index contributed by atoms with van der Waals surface area (Å²) in [4.78, 5) is 24.8. The van der Waals surface area contributed by atoms with Gasteiger partial charge in [0.2, 0.25) is 5.91 Å². The highest BCUT2D eigenvalue weighted by atomic mass is 16.5. The van der Waals surface area contributed by atoms with E-state index in [0.29, 0.717) is 16.8 Å². The molecule has 4 rings (SSSR count). The summed E-state index contributed by atoms with van der Waals surface area (Å²) in [5, 5.41) is 3.01. The van der Waals surface area contributed by atoms with E-state index in [4.69, 9.17) is 16.2 Å². The topological polar surface area (TPSA) is 107 Å². The second-order valence-electron chi connectivity index (χ2n) is 7.35. The van der Waals surface area contributed by atoms with Gasteiger partial charge in [-0.25, -0.2) is 4.79 Å². The molecule has 0 saturated heterocycles. The second-order valence-corrected chi connectivity index (χ2v) is 7.35. The zero-order valence-electron chi connectivity index (χ0n) is 15.1. The third-order valence-electron chi connectivity index (χ3n) is 5.79. The zero-order valence-corrected chi connectivity index (χ0v) is 15.1. The Balaban J connectivity index is 1.81. The molecule has 1 amide bonds. The van der Waals surface area contributed by atoms with E-state index >= 15 is 0 Å². The largest absolute Gasteiger partial charge is 0.465 e. The van der Waals surface area contributed by atoms with Gasteiger partial charge >= 0.3 is 5.97 Å². The predicted octanol–water partition coefficient (Wildman–Crippen LogP) is 1.77. The quantitative estimate of drug-likeness (QED) is 0.566. The Morgan fingerprint density at radius 3 is 2.42 bits per heavy atom. The van der Waals surface area contributed by atoms with Crippen LogP contribution < -0.4 is 16.8 Å². The minimum absolute atomic E-state index is 0.0304. The molecule has 3 fully saturated rings. The fraction of sp³-hybridized carbons (Fsp3) is 0.500. The maximum Gasteiger partial charge on any atom is 0.339 e. The minimum atomic E-state index is -0.471. The molecule has 0 radical (unpaired) electrons. The summed E-state index contributed by atoms with van der Waals surface area (Å²) in [6.07, 6.45) is 5.18. The van der Waals surface area contributed by atoms with Gasteiger partial charge in [0.15, 0.2) is 0 Å². The number of ether oxygens (including phenoxy) is 1. The molecule has 3 aliphatic carbocycles. The highest BCUT2D eigenvalue weighted by molar-refractivity contribution is 5.97. The van der Waals surface area contributed by atoms with Crippen LogP contribution in [0, 0.1) is 17.3 Å². The van der Waals surface area contributed by atoms with Crippen LogP contribution in [0.15, 0.2) is 18.2 Å². The number of benzene rings is 1. The Kier molecular flexibility index (Phi) is 5.03. The number of amides is 1. The molecule has 0 aromatic heterocycles. The van der Waals surface area contributed by atoms with Crippen molar-refractivity contribution < 1.29 is 14.3 Å². The van der Waals surface area contributed by atoms with Crippen molar-refractivity contribution in [1.29, 1.82) is 0 Å². The standard InChI is InChI=1S/C20H25N3O3/c1-26-17(24)16-5-4-15(13-14(16)3-2-12-21)23-18(25)19-6-9-20(22,10-7-19)11-8-19/h4-5,13H,6-12,21-22H2,1H3,(H,23,25). The van der Waals surface area contributed by atoms with Crippen molar-refractivity contribution in [2.75, 3.05) is 19.0 Å². The number of esters is 1. The number of carbonyl (C=O) groups is 2. The van der Waals surface area contributed by atoms with E-state index in [-0.39, 0.29) is 23.4 Å². The van der Waals surface area contributed by atoms with Crippen LogP contribution in [0.5, 0.6) is 0 Å². The van der Waals surface area contributed by atoms with Crippen LogP contribution in [0.2, 0.25) is 0 Å². The fourth-order valence-electron chi connectivity index (χ4n) is 3.98. The normalized spacial score (nSPS) is 26.6. The molecule has 0 atom stereocenters. The molecule has 26 heavy (non-hydrogen) atoms. The van der Waals surface area contributed by atoms with Crippen LogP contribution in [0.1, 0.15) is 54.4 Å². The molecule has 3 saturated carbocycles. The molecule has 5 N–H and O–H groups in total. The molecule has 3 aliphatic rings. The molecule has 1 aromatic carbocycles. The van der Waals surface area contributed by atoms with Gasteiger partial charge in [-0.3, -0.25) is 4.79 Å². The highest BCUT2D eigenvalue weighted by Gasteiger charge is 2.50. The predicted molar refractivity (Wildman–Crippen MR) is 99.4 cm³/mol. The van der Waals surface area contributed by atoms with Crippen LogP contribution in [0.4, 0.5) is 5.69 Å². The lowest BCUT2D eigenvalue weighted by molar-refractivity contribution is -0.131. The number of fused-ring (bicyclic) bond motifs is 3. The number of hydrogen-bond acceptors (Lipinski definition) is 5. The van der Waals surface area contributed by atoms with Gasteiger partial charge in [0.25, 0.3) is 0 Å². The first kappa shape index (κ1) is 18.4. The van der Waals surface area contributed by atoms with Gasteiger partial charge in [-0.05, 0) is 56.7 Å². The monoisotopic (exact) mass is 355 g/mol. The first-order chi connectivity index (χ1) is 12.4. The van der Waals surface area contributed by atoms with Crippen LogP contribution in [-0.2, 0) is 9.53 Å². The van der Waals surface area contributed by atoms with Gasteiger partial charge in [0.05, 0.1) is 19.2 Å². The van der Waals surface area contributed by atoms with Gasteiger partial charge in [0.1, 0.15) is 0 Å². The number of methoxy groups -OCH3 is 1. The molecule has 6 nitrogen and oxygen atoms in total. The van der Waals surface area contributed by atoms with Crippen molar-refractivity contribution >= 4 is 17.6 Å². The van der Waals surface area contributed by atoms with Crippen LogP contribution in [-0.4, -0.2) is 31.1 Å². The first-order valence-corrected chi connectivity index (χ1v) is 8.93. The van der Waals surface area contributed by atoms with E-state index in [1.165, 1.54) is 7.11 Å². The zero-order chi connectivity index (χ0) is 18.8. The molecular formula is C20H25N3O3. The van der Waals surface area contributed by atoms with E-state index < -0.39 is 5.97 Å². The second kappa shape index (κ2) is 7.10. The Labute approximate surface area is 153 Å². The highest BCUT2D eigenvalue weighted by Crippen LogP contribution is 2.51. The molecule has 0 aliphatic heterocycles. The van der Waals surface area contributed by atoms with E-state index in [1.807, 2.05) is 0 Å². The molecule has 6 heteroatoms. The Hall–Kier alpha value is -2.36. The van der Waals surface area contributed by atoms with Crippen LogP contribution >= 0.6 is 0 Å². The number of nitrogens with one attached hydrogen (secondary N) is 1. The number of anilines is 1. The summed E-state index contributed by atoms with van der Waals surface area (Å²) < 4.78 is 4.78. The molecular weight excluding hydrogens is 330 g/mol. The number of nitrogens with two attached hydrogens (primary N) is 2. The smallest absolute Gasteiger partial charge is 0.339 e. The van der Waals surface area contributed by atoms with Crippen molar-refractivity contribution in [2.45, 2.75) is 44.1 Å². The van der Waals surface area contributed by atoms with E-state index in [2.05, 4.69) is 17.2 Å². The number of carbonyl (C=O) groups excluding carboxylic acids is 2. The van der Waals surface area contributed by atoms with Gasteiger partial charge in [0, 0.05) is 22.2 Å². The molecule has 0 unspecified atom stereocenters. The van der Waals surface area contributed by atoms with Crippen molar-refractivity contribution in [1.82, 2.24) is 0 Å². The maximum atomic E-state index is 13.0. The lowest BCUT2D eigenvalue weighted by Gasteiger charge is -2.50. The van der Waals surface area contributed by atoms with Gasteiger partial charge in [-0.1, -0.05) is 11.8 Å². The summed E-state index contributed by atoms with van der Waals surface area (Å²) in [7, 11) is 1.32. The Bertz CT molecular complexity index is 767. The van der Waals surface area contributed by atoms with E-state index in [0.717, 1.165) is 38.5 Å². The third kappa shape index (κ3) is 3.46. The average Bonchev–Trinajstić information content (AvgIpc) is 2.66. The lowest BCUT2D eigenvalue weighted by atomic mass is 9.57. The fourth-order valence-corrected chi connectivity index (χ4v) is 3.98. The molecule has 1 aromatic rings. The summed E-state index contributed by atoms with van der Waals surface area (Å²) in [6, 6.07) is 5.02. The first-order valence-electron chi connectivity index (χ1n) is 8.93. The SMILES string of the molecule is COC(=O)c1ccc(NC(=O)C23CCC(N)(CC2)CC3)cc1C#CCN. The Morgan fingerprint density at radius 1 is 1.19 bits per heavy atom.